The minimum absolute atomic E-state index is 0.753. The molecule has 4 heteroatoms. The highest BCUT2D eigenvalue weighted by Gasteiger charge is 2.13. The molecule has 0 amide bonds. The number of aryl methyl sites for hydroxylation is 2. The van der Waals surface area contributed by atoms with E-state index in [0.29, 0.717) is 0 Å². The zero-order chi connectivity index (χ0) is 10.0. The number of nitrogens with zero attached hydrogens (tertiary/aromatic N) is 2. The molecule has 0 unspecified atom stereocenters. The lowest BCUT2D eigenvalue weighted by Crippen LogP contribution is -2.19. The van der Waals surface area contributed by atoms with Crippen molar-refractivity contribution in [2.24, 2.45) is 0 Å². The van der Waals surface area contributed by atoms with E-state index in [2.05, 4.69) is 32.6 Å². The Balaban J connectivity index is 2.87. The highest BCUT2D eigenvalue weighted by Crippen LogP contribution is 2.23. The fourth-order valence-electron chi connectivity index (χ4n) is 1.36. The molecule has 0 spiro atoms. The average Bonchev–Trinajstić information content (AvgIpc) is 2.29. The maximum Gasteiger partial charge on any atom is 0.157 e. The molecular formula is C9H13BrN2O. The van der Waals surface area contributed by atoms with Gasteiger partial charge in [0, 0.05) is 18.1 Å². The molecule has 0 fully saturated rings. The molecule has 0 bridgehead atoms. The Kier molecular flexibility index (Phi) is 3.14. The summed E-state index contributed by atoms with van der Waals surface area (Å²) in [6.45, 7) is 8.38. The van der Waals surface area contributed by atoms with E-state index in [9.17, 15) is 0 Å². The number of hydrogen-bond donors (Lipinski definition) is 0. The van der Waals surface area contributed by atoms with Gasteiger partial charge in [0.15, 0.2) is 5.76 Å². The lowest BCUT2D eigenvalue weighted by atomic mass is 10.3. The Bertz CT molecular complexity index is 300. The summed E-state index contributed by atoms with van der Waals surface area (Å²) in [6, 6.07) is 0. The first-order valence-corrected chi connectivity index (χ1v) is 4.79. The maximum absolute atomic E-state index is 5.06. The second-order valence-electron chi connectivity index (χ2n) is 3.05. The van der Waals surface area contributed by atoms with Gasteiger partial charge in [-0.1, -0.05) is 27.7 Å². The van der Waals surface area contributed by atoms with Crippen LogP contribution in [0, 0.1) is 13.8 Å². The van der Waals surface area contributed by atoms with Crippen LogP contribution >= 0.6 is 15.9 Å². The van der Waals surface area contributed by atoms with Crippen molar-refractivity contribution in [2.75, 3.05) is 18.5 Å². The van der Waals surface area contributed by atoms with Crippen molar-refractivity contribution in [3.63, 3.8) is 0 Å². The van der Waals surface area contributed by atoms with Crippen LogP contribution in [0.5, 0.6) is 0 Å². The first-order valence-electron chi connectivity index (χ1n) is 3.99. The molecule has 0 N–H and O–H groups in total. The zero-order valence-corrected chi connectivity index (χ0v) is 9.68. The predicted octanol–water partition coefficient (Wildman–Crippen LogP) is 2.64. The van der Waals surface area contributed by atoms with Crippen LogP contribution < -0.4 is 4.90 Å². The summed E-state index contributed by atoms with van der Waals surface area (Å²) < 4.78 is 6.00. The molecule has 1 aromatic rings. The third kappa shape index (κ3) is 2.34. The quantitative estimate of drug-likeness (QED) is 0.819. The van der Waals surface area contributed by atoms with Crippen LogP contribution in [0.3, 0.4) is 0 Å². The summed E-state index contributed by atoms with van der Waals surface area (Å²) >= 11 is 3.32. The highest BCUT2D eigenvalue weighted by atomic mass is 79.9. The van der Waals surface area contributed by atoms with Crippen molar-refractivity contribution in [3.05, 3.63) is 22.5 Å². The minimum atomic E-state index is 0.753. The molecular weight excluding hydrogens is 232 g/mol. The number of anilines is 1. The first kappa shape index (κ1) is 10.3. The fraction of sp³-hybridized carbons (Fsp3) is 0.444. The molecule has 1 heterocycles. The summed E-state index contributed by atoms with van der Waals surface area (Å²) in [5.41, 5.74) is 1.95. The molecule has 0 aliphatic heterocycles. The van der Waals surface area contributed by atoms with Crippen molar-refractivity contribution >= 4 is 21.6 Å². The summed E-state index contributed by atoms with van der Waals surface area (Å²) in [6.07, 6.45) is 0. The molecule has 0 aliphatic carbocycles. The topological polar surface area (TPSA) is 29.3 Å². The highest BCUT2D eigenvalue weighted by molar-refractivity contribution is 9.11. The molecule has 1 aromatic heterocycles. The van der Waals surface area contributed by atoms with E-state index in [1.54, 1.807) is 0 Å². The minimum Gasteiger partial charge on any atom is -0.365 e. The van der Waals surface area contributed by atoms with Gasteiger partial charge in [0.05, 0.1) is 0 Å². The second-order valence-corrected chi connectivity index (χ2v) is 4.17. The van der Waals surface area contributed by atoms with E-state index in [0.717, 1.165) is 28.2 Å². The van der Waals surface area contributed by atoms with Crippen LogP contribution in [0.25, 0.3) is 0 Å². The maximum atomic E-state index is 5.06. The normalized spacial score (nSPS) is 10.2. The molecule has 0 radical (unpaired) electrons. The lowest BCUT2D eigenvalue weighted by Gasteiger charge is -2.17. The number of rotatable bonds is 3. The van der Waals surface area contributed by atoms with Crippen molar-refractivity contribution < 1.29 is 4.52 Å². The van der Waals surface area contributed by atoms with E-state index in [-0.39, 0.29) is 0 Å². The number of likely N-dealkylation sites (N-methyl/N-ethyl adjacent to an activating group) is 1. The van der Waals surface area contributed by atoms with Gasteiger partial charge in [0.1, 0.15) is 11.4 Å². The first-order chi connectivity index (χ1) is 6.02. The predicted molar refractivity (Wildman–Crippen MR) is 57.3 cm³/mol. The van der Waals surface area contributed by atoms with Crippen molar-refractivity contribution in [1.29, 1.82) is 0 Å². The van der Waals surface area contributed by atoms with Gasteiger partial charge < -0.3 is 9.42 Å². The van der Waals surface area contributed by atoms with Crippen LogP contribution in [0.1, 0.15) is 11.5 Å². The fourth-order valence-corrected chi connectivity index (χ4v) is 1.74. The number of hydrogen-bond acceptors (Lipinski definition) is 3. The Morgan fingerprint density at radius 1 is 1.62 bits per heavy atom. The molecule has 0 saturated carbocycles. The van der Waals surface area contributed by atoms with Gasteiger partial charge >= 0.3 is 0 Å². The van der Waals surface area contributed by atoms with Gasteiger partial charge in [-0.25, -0.2) is 0 Å². The van der Waals surface area contributed by atoms with Gasteiger partial charge in [-0.15, -0.1) is 0 Å². The summed E-state index contributed by atoms with van der Waals surface area (Å²) in [5, 5.41) is 3.88. The molecule has 0 atom stereocenters. The summed E-state index contributed by atoms with van der Waals surface area (Å²) in [5.74, 6) is 0.841. The average molecular weight is 245 g/mol. The summed E-state index contributed by atoms with van der Waals surface area (Å²) in [7, 11) is 1.99. The van der Waals surface area contributed by atoms with E-state index in [4.69, 9.17) is 4.52 Å². The van der Waals surface area contributed by atoms with Crippen LogP contribution in [0.2, 0.25) is 0 Å². The number of halogens is 1. The number of aromatic nitrogens is 1. The molecule has 0 aromatic carbocycles. The molecule has 3 nitrogen and oxygen atoms in total. The van der Waals surface area contributed by atoms with E-state index < -0.39 is 0 Å². The van der Waals surface area contributed by atoms with Gasteiger partial charge in [-0.3, -0.25) is 0 Å². The molecule has 1 rings (SSSR count). The largest absolute Gasteiger partial charge is 0.365 e. The van der Waals surface area contributed by atoms with Crippen molar-refractivity contribution in [3.8, 4) is 0 Å². The molecule has 0 aliphatic rings. The summed E-state index contributed by atoms with van der Waals surface area (Å²) in [4.78, 5) is 2.05. The van der Waals surface area contributed by atoms with E-state index in [1.807, 2.05) is 20.9 Å². The third-order valence-electron chi connectivity index (χ3n) is 1.79. The Hall–Kier alpha value is -0.770. The van der Waals surface area contributed by atoms with Gasteiger partial charge in [0.25, 0.3) is 0 Å². The van der Waals surface area contributed by atoms with E-state index >= 15 is 0 Å². The lowest BCUT2D eigenvalue weighted by molar-refractivity contribution is 0.393. The van der Waals surface area contributed by atoms with Gasteiger partial charge in [-0.05, 0) is 13.8 Å². The smallest absolute Gasteiger partial charge is 0.157 e. The Morgan fingerprint density at radius 3 is 2.62 bits per heavy atom. The van der Waals surface area contributed by atoms with Gasteiger partial charge in [0.2, 0.25) is 0 Å². The van der Waals surface area contributed by atoms with E-state index in [1.165, 1.54) is 0 Å². The van der Waals surface area contributed by atoms with Crippen molar-refractivity contribution in [1.82, 2.24) is 5.16 Å². The molecule has 0 saturated heterocycles. The van der Waals surface area contributed by atoms with Gasteiger partial charge in [-0.2, -0.15) is 0 Å². The SMILES string of the molecule is C=C(Br)CN(C)c1c(C)noc1C. The van der Waals surface area contributed by atoms with Crippen LogP contribution in [-0.4, -0.2) is 18.7 Å². The van der Waals surface area contributed by atoms with Crippen LogP contribution in [-0.2, 0) is 0 Å². The standard InChI is InChI=1S/C9H13BrN2O/c1-6(10)5-12(4)9-7(2)11-13-8(9)3/h1,5H2,2-4H3. The Morgan fingerprint density at radius 2 is 2.23 bits per heavy atom. The third-order valence-corrected chi connectivity index (χ3v) is 2.04. The molecule has 13 heavy (non-hydrogen) atoms. The van der Waals surface area contributed by atoms with Crippen LogP contribution in [0.4, 0.5) is 5.69 Å². The monoisotopic (exact) mass is 244 g/mol. The van der Waals surface area contributed by atoms with Crippen molar-refractivity contribution in [2.45, 2.75) is 13.8 Å². The second kappa shape index (κ2) is 3.96. The Labute approximate surface area is 86.5 Å². The van der Waals surface area contributed by atoms with Crippen LogP contribution in [0.15, 0.2) is 15.6 Å². The molecule has 72 valence electrons. The zero-order valence-electron chi connectivity index (χ0n) is 8.09.